The number of nitrogens with zero attached hydrogens (tertiary/aromatic N) is 3. The van der Waals surface area contributed by atoms with E-state index >= 15 is 0 Å². The Morgan fingerprint density at radius 2 is 1.87 bits per heavy atom. The van der Waals surface area contributed by atoms with Gasteiger partial charge in [0.1, 0.15) is 6.61 Å². The van der Waals surface area contributed by atoms with E-state index in [1.165, 1.54) is 24.4 Å². The second-order valence-electron chi connectivity index (χ2n) is 6.94. The summed E-state index contributed by atoms with van der Waals surface area (Å²) in [5, 5.41) is 15.6. The van der Waals surface area contributed by atoms with E-state index in [1.54, 1.807) is 29.2 Å². The Kier molecular flexibility index (Phi) is 6.81. The number of hydrogen-bond acceptors (Lipinski definition) is 5. The molecule has 0 aliphatic carbocycles. The first-order chi connectivity index (χ1) is 14.2. The summed E-state index contributed by atoms with van der Waals surface area (Å²) in [4.78, 5) is 17.6. The lowest BCUT2D eigenvalue weighted by atomic mass is 9.95. The summed E-state index contributed by atoms with van der Waals surface area (Å²) >= 11 is 5.83. The van der Waals surface area contributed by atoms with Crippen LogP contribution in [-0.2, 0) is 11.4 Å². The van der Waals surface area contributed by atoms with Gasteiger partial charge in [-0.2, -0.15) is 13.2 Å². The van der Waals surface area contributed by atoms with Gasteiger partial charge in [-0.15, -0.1) is 0 Å². The van der Waals surface area contributed by atoms with Crippen molar-refractivity contribution < 1.29 is 22.9 Å². The number of nitro groups is 1. The lowest BCUT2D eigenvalue weighted by molar-refractivity contribution is -0.384. The maximum Gasteiger partial charge on any atom is 0.391 e. The second kappa shape index (κ2) is 9.34. The van der Waals surface area contributed by atoms with Crippen molar-refractivity contribution in [2.45, 2.75) is 25.6 Å². The van der Waals surface area contributed by atoms with E-state index in [-0.39, 0.29) is 38.2 Å². The van der Waals surface area contributed by atoms with Crippen LogP contribution in [0.15, 0.2) is 47.6 Å². The molecule has 3 rings (SSSR count). The third kappa shape index (κ3) is 5.63. The summed E-state index contributed by atoms with van der Waals surface area (Å²) in [6, 6.07) is 11.2. The molecule has 0 unspecified atom stereocenters. The van der Waals surface area contributed by atoms with Crippen LogP contribution in [0.1, 0.15) is 24.0 Å². The van der Waals surface area contributed by atoms with E-state index in [4.69, 9.17) is 16.4 Å². The van der Waals surface area contributed by atoms with Gasteiger partial charge in [0.05, 0.1) is 17.1 Å². The van der Waals surface area contributed by atoms with Crippen molar-refractivity contribution in [3.63, 3.8) is 0 Å². The Morgan fingerprint density at radius 3 is 2.47 bits per heavy atom. The molecule has 1 saturated heterocycles. The van der Waals surface area contributed by atoms with Gasteiger partial charge >= 0.3 is 6.18 Å². The highest BCUT2D eigenvalue weighted by atomic mass is 35.5. The summed E-state index contributed by atoms with van der Waals surface area (Å²) < 4.78 is 38.8. The first kappa shape index (κ1) is 21.9. The molecule has 0 bridgehead atoms. The smallest absolute Gasteiger partial charge is 0.391 e. The zero-order valence-corrected chi connectivity index (χ0v) is 16.6. The summed E-state index contributed by atoms with van der Waals surface area (Å²) in [7, 11) is 0. The van der Waals surface area contributed by atoms with Gasteiger partial charge < -0.3 is 9.74 Å². The van der Waals surface area contributed by atoms with E-state index in [0.29, 0.717) is 16.3 Å². The molecule has 160 valence electrons. The van der Waals surface area contributed by atoms with Crippen molar-refractivity contribution in [3.8, 4) is 0 Å². The van der Waals surface area contributed by atoms with E-state index < -0.39 is 17.0 Å². The number of benzene rings is 2. The molecule has 0 amide bonds. The maximum absolute atomic E-state index is 12.9. The van der Waals surface area contributed by atoms with Crippen molar-refractivity contribution in [2.24, 2.45) is 11.1 Å². The van der Waals surface area contributed by atoms with Crippen LogP contribution in [0, 0.1) is 16.0 Å². The highest BCUT2D eigenvalue weighted by Crippen LogP contribution is 2.36. The molecule has 1 aliphatic heterocycles. The molecule has 30 heavy (non-hydrogen) atoms. The molecule has 1 heterocycles. The van der Waals surface area contributed by atoms with Crippen LogP contribution in [0.4, 0.5) is 24.5 Å². The average Bonchev–Trinajstić information content (AvgIpc) is 2.72. The third-order valence-electron chi connectivity index (χ3n) is 4.93. The molecule has 10 heteroatoms. The third-order valence-corrected chi connectivity index (χ3v) is 5.18. The number of hydrogen-bond donors (Lipinski definition) is 0. The number of nitro benzene ring substituents is 1. The zero-order valence-electron chi connectivity index (χ0n) is 15.8. The first-order valence-corrected chi connectivity index (χ1v) is 9.61. The van der Waals surface area contributed by atoms with Crippen molar-refractivity contribution in [1.82, 2.24) is 0 Å². The predicted molar refractivity (Wildman–Crippen MR) is 108 cm³/mol. The highest BCUT2D eigenvalue weighted by molar-refractivity contribution is 6.30. The SMILES string of the molecule is O=[N+]([O-])c1ccc(N2CCC(C(F)(F)F)CC2)c(/C=N\OCc2ccc(Cl)cc2)c1. The molecule has 0 radical (unpaired) electrons. The Bertz CT molecular complexity index is 912. The van der Waals surface area contributed by atoms with Crippen LogP contribution in [0.5, 0.6) is 0 Å². The van der Waals surface area contributed by atoms with Gasteiger partial charge in [-0.25, -0.2) is 0 Å². The fraction of sp³-hybridized carbons (Fsp3) is 0.350. The van der Waals surface area contributed by atoms with Gasteiger partial charge in [0.25, 0.3) is 5.69 Å². The minimum Gasteiger partial charge on any atom is -0.391 e. The number of alkyl halides is 3. The minimum atomic E-state index is -4.21. The van der Waals surface area contributed by atoms with Crippen molar-refractivity contribution in [1.29, 1.82) is 0 Å². The van der Waals surface area contributed by atoms with Crippen LogP contribution in [0.25, 0.3) is 0 Å². The molecule has 2 aromatic rings. The lowest BCUT2D eigenvalue weighted by Crippen LogP contribution is -2.39. The van der Waals surface area contributed by atoms with E-state index in [2.05, 4.69) is 5.16 Å². The van der Waals surface area contributed by atoms with Crippen LogP contribution in [-0.4, -0.2) is 30.4 Å². The van der Waals surface area contributed by atoms with Crippen molar-refractivity contribution in [3.05, 3.63) is 68.7 Å². The molecule has 2 aromatic carbocycles. The summed E-state index contributed by atoms with van der Waals surface area (Å²) in [5.41, 5.74) is 1.69. The maximum atomic E-state index is 12.9. The quantitative estimate of drug-likeness (QED) is 0.333. The summed E-state index contributed by atoms with van der Waals surface area (Å²) in [6.07, 6.45) is -2.91. The zero-order chi connectivity index (χ0) is 21.7. The standard InChI is InChI=1S/C20H19ClF3N3O3/c21-17-3-1-14(2-4-17)13-30-25-12-15-11-18(27(28)29)5-6-19(15)26-9-7-16(8-10-26)20(22,23)24/h1-6,11-12,16H,7-10,13H2/b25-12-. The van der Waals surface area contributed by atoms with Crippen LogP contribution >= 0.6 is 11.6 Å². The number of rotatable bonds is 6. The van der Waals surface area contributed by atoms with Crippen molar-refractivity contribution in [2.75, 3.05) is 18.0 Å². The van der Waals surface area contributed by atoms with Crippen LogP contribution < -0.4 is 4.90 Å². The molecule has 0 saturated carbocycles. The van der Waals surface area contributed by atoms with Gasteiger partial charge in [-0.05, 0) is 36.6 Å². The molecule has 0 aromatic heterocycles. The molecule has 0 N–H and O–H groups in total. The average molecular weight is 442 g/mol. The molecule has 0 spiro atoms. The van der Waals surface area contributed by atoms with Gasteiger partial charge in [-0.3, -0.25) is 10.1 Å². The monoisotopic (exact) mass is 441 g/mol. The van der Waals surface area contributed by atoms with Gasteiger partial charge in [0.2, 0.25) is 0 Å². The number of halogens is 4. The second-order valence-corrected chi connectivity index (χ2v) is 7.37. The fourth-order valence-electron chi connectivity index (χ4n) is 3.28. The Balaban J connectivity index is 1.72. The fourth-order valence-corrected chi connectivity index (χ4v) is 3.41. The van der Waals surface area contributed by atoms with E-state index in [9.17, 15) is 23.3 Å². The van der Waals surface area contributed by atoms with Gasteiger partial charge in [0, 0.05) is 41.5 Å². The van der Waals surface area contributed by atoms with E-state index in [0.717, 1.165) is 5.56 Å². The lowest BCUT2D eigenvalue weighted by Gasteiger charge is -2.35. The molecule has 1 aliphatic rings. The minimum absolute atomic E-state index is 0.0237. The highest BCUT2D eigenvalue weighted by Gasteiger charge is 2.41. The Hall–Kier alpha value is -2.81. The number of non-ortho nitro benzene ring substituents is 1. The number of piperidine rings is 1. The molecule has 0 atom stereocenters. The topological polar surface area (TPSA) is 68.0 Å². The normalized spacial score (nSPS) is 15.5. The van der Waals surface area contributed by atoms with Crippen molar-refractivity contribution >= 4 is 29.2 Å². The van der Waals surface area contributed by atoms with E-state index in [1.807, 2.05) is 0 Å². The van der Waals surface area contributed by atoms with Gasteiger partial charge in [0.15, 0.2) is 0 Å². The molecule has 1 fully saturated rings. The summed E-state index contributed by atoms with van der Waals surface area (Å²) in [6.45, 7) is 0.581. The summed E-state index contributed by atoms with van der Waals surface area (Å²) in [5.74, 6) is -1.33. The predicted octanol–water partition coefficient (Wildman–Crippen LogP) is 5.58. The molecule has 6 nitrogen and oxygen atoms in total. The molecular weight excluding hydrogens is 423 g/mol. The Morgan fingerprint density at radius 1 is 1.20 bits per heavy atom. The number of anilines is 1. The molecular formula is C20H19ClF3N3O3. The Labute approximate surface area is 176 Å². The van der Waals surface area contributed by atoms with Crippen LogP contribution in [0.3, 0.4) is 0 Å². The first-order valence-electron chi connectivity index (χ1n) is 9.24. The van der Waals surface area contributed by atoms with Gasteiger partial charge in [-0.1, -0.05) is 28.9 Å². The van der Waals surface area contributed by atoms with Crippen LogP contribution in [0.2, 0.25) is 5.02 Å². The number of oxime groups is 1. The largest absolute Gasteiger partial charge is 0.391 e.